The molecule has 0 spiro atoms. The third-order valence-corrected chi connectivity index (χ3v) is 4.47. The van der Waals surface area contributed by atoms with E-state index in [0.29, 0.717) is 22.9 Å². The van der Waals surface area contributed by atoms with Crippen molar-refractivity contribution in [3.05, 3.63) is 65.0 Å². The van der Waals surface area contributed by atoms with Gasteiger partial charge in [-0.2, -0.15) is 0 Å². The summed E-state index contributed by atoms with van der Waals surface area (Å²) in [6.07, 6.45) is 5.28. The van der Waals surface area contributed by atoms with Crippen LogP contribution in [0.25, 0.3) is 11.6 Å². The Bertz CT molecular complexity index is 1010. The first-order chi connectivity index (χ1) is 13.0. The van der Waals surface area contributed by atoms with Crippen LogP contribution in [0.5, 0.6) is 17.2 Å². The number of carbonyl (C=O) groups excluding carboxylic acids is 1. The molecule has 3 rings (SSSR count). The summed E-state index contributed by atoms with van der Waals surface area (Å²) < 4.78 is 18.0. The molecule has 0 aliphatic rings. The van der Waals surface area contributed by atoms with E-state index < -0.39 is 0 Å². The van der Waals surface area contributed by atoms with Gasteiger partial charge < -0.3 is 18.6 Å². The predicted octanol–water partition coefficient (Wildman–Crippen LogP) is 4.48. The number of aryl methyl sites for hydroxylation is 2. The van der Waals surface area contributed by atoms with E-state index in [0.717, 1.165) is 22.2 Å². The monoisotopic (exact) mass is 365 g/mol. The van der Waals surface area contributed by atoms with Crippen LogP contribution in [0, 0.1) is 13.8 Å². The normalized spacial score (nSPS) is 11.1. The molecule has 0 atom stereocenters. The van der Waals surface area contributed by atoms with Crippen molar-refractivity contribution in [3.63, 3.8) is 0 Å². The number of methoxy groups -OCH3 is 3. The number of carbonyl (C=O) groups is 1. The van der Waals surface area contributed by atoms with Gasteiger partial charge in [0, 0.05) is 11.7 Å². The number of hydrogen-bond donors (Lipinski definition) is 0. The van der Waals surface area contributed by atoms with Gasteiger partial charge in [0.1, 0.15) is 0 Å². The first-order valence-electron chi connectivity index (χ1n) is 8.59. The van der Waals surface area contributed by atoms with Gasteiger partial charge in [-0.15, -0.1) is 0 Å². The molecule has 27 heavy (non-hydrogen) atoms. The smallest absolute Gasteiger partial charge is 0.203 e. The number of ether oxygens (including phenoxy) is 3. The van der Waals surface area contributed by atoms with Crippen molar-refractivity contribution in [2.24, 2.45) is 0 Å². The quantitative estimate of drug-likeness (QED) is 0.477. The predicted molar refractivity (Wildman–Crippen MR) is 106 cm³/mol. The van der Waals surface area contributed by atoms with E-state index in [4.69, 9.17) is 14.2 Å². The molecule has 0 saturated carbocycles. The summed E-state index contributed by atoms with van der Waals surface area (Å²) in [7, 11) is 4.68. The van der Waals surface area contributed by atoms with Crippen LogP contribution in [0.3, 0.4) is 0 Å². The van der Waals surface area contributed by atoms with E-state index >= 15 is 0 Å². The van der Waals surface area contributed by atoms with Crippen LogP contribution in [0.15, 0.2) is 42.6 Å². The van der Waals surface area contributed by atoms with Gasteiger partial charge in [0.25, 0.3) is 0 Å². The molecule has 0 saturated heterocycles. The molecule has 0 aliphatic carbocycles. The lowest BCUT2D eigenvalue weighted by molar-refractivity contribution is 0.104. The number of rotatable bonds is 6. The van der Waals surface area contributed by atoms with Gasteiger partial charge in [-0.3, -0.25) is 4.79 Å². The molecule has 0 amide bonds. The van der Waals surface area contributed by atoms with Gasteiger partial charge in [0.15, 0.2) is 11.5 Å². The Kier molecular flexibility index (Phi) is 5.21. The Morgan fingerprint density at radius 2 is 1.63 bits per heavy atom. The second kappa shape index (κ2) is 7.58. The third kappa shape index (κ3) is 3.53. The first kappa shape index (κ1) is 18.6. The Hall–Kier alpha value is -3.21. The van der Waals surface area contributed by atoms with Crippen LogP contribution in [0.2, 0.25) is 0 Å². The van der Waals surface area contributed by atoms with Crippen molar-refractivity contribution in [2.45, 2.75) is 13.8 Å². The Labute approximate surface area is 158 Å². The van der Waals surface area contributed by atoms with Crippen molar-refractivity contribution >= 4 is 17.4 Å². The zero-order valence-corrected chi connectivity index (χ0v) is 16.2. The van der Waals surface area contributed by atoms with Crippen molar-refractivity contribution in [2.75, 3.05) is 21.3 Å². The maximum Gasteiger partial charge on any atom is 0.203 e. The number of aromatic nitrogens is 1. The highest BCUT2D eigenvalue weighted by Gasteiger charge is 2.13. The van der Waals surface area contributed by atoms with Crippen LogP contribution >= 0.6 is 0 Å². The third-order valence-electron chi connectivity index (χ3n) is 4.47. The van der Waals surface area contributed by atoms with Crippen LogP contribution < -0.4 is 14.2 Å². The minimum atomic E-state index is -0.0752. The molecule has 0 bridgehead atoms. The molecule has 1 aromatic carbocycles. The number of pyridine rings is 1. The summed E-state index contributed by atoms with van der Waals surface area (Å²) in [6.45, 7) is 4.06. The van der Waals surface area contributed by atoms with Crippen molar-refractivity contribution in [1.29, 1.82) is 0 Å². The van der Waals surface area contributed by atoms with E-state index in [1.54, 1.807) is 45.6 Å². The number of ketones is 1. The van der Waals surface area contributed by atoms with E-state index in [9.17, 15) is 4.79 Å². The molecule has 0 unspecified atom stereocenters. The molecule has 3 aromatic rings. The summed E-state index contributed by atoms with van der Waals surface area (Å²) >= 11 is 0. The summed E-state index contributed by atoms with van der Waals surface area (Å²) in [5.74, 6) is 1.53. The average Bonchev–Trinajstić information content (AvgIpc) is 3.09. The van der Waals surface area contributed by atoms with Crippen LogP contribution in [0.4, 0.5) is 0 Å². The lowest BCUT2D eigenvalue weighted by Gasteiger charge is -2.12. The van der Waals surface area contributed by atoms with Crippen LogP contribution in [0.1, 0.15) is 27.2 Å². The molecule has 0 aliphatic heterocycles. The zero-order chi connectivity index (χ0) is 19.6. The summed E-state index contributed by atoms with van der Waals surface area (Å²) in [5, 5.41) is 0. The van der Waals surface area contributed by atoms with Gasteiger partial charge in [-0.25, -0.2) is 0 Å². The summed E-state index contributed by atoms with van der Waals surface area (Å²) in [5.41, 5.74) is 4.69. The van der Waals surface area contributed by atoms with E-state index in [1.807, 2.05) is 36.6 Å². The van der Waals surface area contributed by atoms with Gasteiger partial charge in [0.05, 0.1) is 27.0 Å². The van der Waals surface area contributed by atoms with Gasteiger partial charge in [0.2, 0.25) is 11.5 Å². The second-order valence-electron chi connectivity index (χ2n) is 6.33. The lowest BCUT2D eigenvalue weighted by Crippen LogP contribution is -2.01. The highest BCUT2D eigenvalue weighted by molar-refractivity contribution is 6.06. The highest BCUT2D eigenvalue weighted by atomic mass is 16.5. The molecular formula is C22H23NO4. The van der Waals surface area contributed by atoms with E-state index in [1.165, 1.54) is 0 Å². The molecule has 0 N–H and O–H groups in total. The Morgan fingerprint density at radius 1 is 0.963 bits per heavy atom. The molecule has 2 heterocycles. The van der Waals surface area contributed by atoms with Gasteiger partial charge in [-0.1, -0.05) is 12.1 Å². The SMILES string of the molecule is COc1cc(/C=C/C(=O)c2ccc3c(C)cc(C)cn23)cc(OC)c1OC. The molecule has 0 fully saturated rings. The number of allylic oxidation sites excluding steroid dienone is 1. The molecule has 5 nitrogen and oxygen atoms in total. The fourth-order valence-corrected chi connectivity index (χ4v) is 3.22. The largest absolute Gasteiger partial charge is 0.493 e. The van der Waals surface area contributed by atoms with Gasteiger partial charge in [-0.05, 0) is 60.9 Å². The van der Waals surface area contributed by atoms with Crippen LogP contribution in [-0.4, -0.2) is 31.5 Å². The first-order valence-corrected chi connectivity index (χ1v) is 8.59. The highest BCUT2D eigenvalue weighted by Crippen LogP contribution is 2.38. The number of hydrogen-bond acceptors (Lipinski definition) is 4. The van der Waals surface area contributed by atoms with Crippen molar-refractivity contribution in [3.8, 4) is 17.2 Å². The minimum Gasteiger partial charge on any atom is -0.493 e. The summed E-state index contributed by atoms with van der Waals surface area (Å²) in [4.78, 5) is 12.8. The van der Waals surface area contributed by atoms with Gasteiger partial charge >= 0.3 is 0 Å². The molecular weight excluding hydrogens is 342 g/mol. The fraction of sp³-hybridized carbons (Fsp3) is 0.227. The minimum absolute atomic E-state index is 0.0752. The molecule has 2 aromatic heterocycles. The molecule has 5 heteroatoms. The standard InChI is InChI=1S/C22H23NO4/c1-14-10-15(2)17-7-8-18(23(17)13-14)19(24)9-6-16-11-20(25-3)22(27-5)21(12-16)26-4/h6-13H,1-5H3/b9-6+. The topological polar surface area (TPSA) is 49.2 Å². The van der Waals surface area contributed by atoms with Crippen molar-refractivity contribution < 1.29 is 19.0 Å². The van der Waals surface area contributed by atoms with Crippen LogP contribution in [-0.2, 0) is 0 Å². The number of nitrogens with zero attached hydrogens (tertiary/aromatic N) is 1. The number of fused-ring (bicyclic) bond motifs is 1. The maximum atomic E-state index is 12.8. The zero-order valence-electron chi connectivity index (χ0n) is 16.2. The lowest BCUT2D eigenvalue weighted by atomic mass is 10.1. The second-order valence-corrected chi connectivity index (χ2v) is 6.33. The fourth-order valence-electron chi connectivity index (χ4n) is 3.22. The summed E-state index contributed by atoms with van der Waals surface area (Å²) in [6, 6.07) is 9.53. The Morgan fingerprint density at radius 3 is 2.22 bits per heavy atom. The number of benzene rings is 1. The molecule has 0 radical (unpaired) electrons. The van der Waals surface area contributed by atoms with E-state index in [2.05, 4.69) is 6.07 Å². The molecule has 140 valence electrons. The Balaban J connectivity index is 1.96. The van der Waals surface area contributed by atoms with Crippen molar-refractivity contribution in [1.82, 2.24) is 4.40 Å². The van der Waals surface area contributed by atoms with E-state index in [-0.39, 0.29) is 5.78 Å². The maximum absolute atomic E-state index is 12.8. The average molecular weight is 365 g/mol.